The van der Waals surface area contributed by atoms with Gasteiger partial charge in [-0.05, 0) is 24.5 Å². The van der Waals surface area contributed by atoms with Crippen LogP contribution in [-0.2, 0) is 0 Å². The summed E-state index contributed by atoms with van der Waals surface area (Å²) in [7, 11) is 1.54. The van der Waals surface area contributed by atoms with Gasteiger partial charge in [0.1, 0.15) is 17.1 Å². The normalized spacial score (nSPS) is 10.4. The van der Waals surface area contributed by atoms with Crippen LogP contribution in [0.25, 0.3) is 0 Å². The van der Waals surface area contributed by atoms with Crippen molar-refractivity contribution in [3.05, 3.63) is 23.8 Å². The Kier molecular flexibility index (Phi) is 4.82. The van der Waals surface area contributed by atoms with Crippen LogP contribution < -0.4 is 9.47 Å². The highest BCUT2D eigenvalue weighted by atomic mass is 16.5. The highest BCUT2D eigenvalue weighted by molar-refractivity contribution is 5.91. The van der Waals surface area contributed by atoms with Crippen molar-refractivity contribution in [2.45, 2.75) is 20.3 Å². The van der Waals surface area contributed by atoms with E-state index < -0.39 is 5.97 Å². The van der Waals surface area contributed by atoms with Crippen LogP contribution in [0.15, 0.2) is 18.2 Å². The van der Waals surface area contributed by atoms with Gasteiger partial charge in [-0.15, -0.1) is 0 Å². The molecule has 0 heterocycles. The predicted octanol–water partition coefficient (Wildman–Crippen LogP) is 2.82. The predicted molar refractivity (Wildman–Crippen MR) is 64.9 cm³/mol. The van der Waals surface area contributed by atoms with Gasteiger partial charge in [0, 0.05) is 6.07 Å². The molecule has 0 aliphatic rings. The number of methoxy groups -OCH3 is 1. The van der Waals surface area contributed by atoms with Crippen LogP contribution in [0.3, 0.4) is 0 Å². The SMILES string of the molecule is COc1ccc(C(=O)O)c(OCCC(C)C)c1. The molecule has 1 aromatic rings. The van der Waals surface area contributed by atoms with E-state index in [0.29, 0.717) is 24.0 Å². The number of carboxylic acid groups (broad SMARTS) is 1. The van der Waals surface area contributed by atoms with E-state index in [9.17, 15) is 4.79 Å². The van der Waals surface area contributed by atoms with Crippen molar-refractivity contribution in [2.24, 2.45) is 5.92 Å². The topological polar surface area (TPSA) is 55.8 Å². The lowest BCUT2D eigenvalue weighted by atomic mass is 10.1. The number of hydrogen-bond acceptors (Lipinski definition) is 3. The lowest BCUT2D eigenvalue weighted by Gasteiger charge is -2.11. The summed E-state index contributed by atoms with van der Waals surface area (Å²) in [5.74, 6) is 0.480. The highest BCUT2D eigenvalue weighted by Crippen LogP contribution is 2.25. The van der Waals surface area contributed by atoms with E-state index in [1.807, 2.05) is 0 Å². The molecule has 94 valence electrons. The molecule has 4 heteroatoms. The second-order valence-corrected chi connectivity index (χ2v) is 4.20. The summed E-state index contributed by atoms with van der Waals surface area (Å²) in [6, 6.07) is 4.70. The van der Waals surface area contributed by atoms with Crippen LogP contribution in [0.4, 0.5) is 0 Å². The fourth-order valence-electron chi connectivity index (χ4n) is 1.33. The highest BCUT2D eigenvalue weighted by Gasteiger charge is 2.12. The third-order valence-corrected chi connectivity index (χ3v) is 2.37. The van der Waals surface area contributed by atoms with Crippen LogP contribution in [0.2, 0.25) is 0 Å². The minimum absolute atomic E-state index is 0.162. The summed E-state index contributed by atoms with van der Waals surface area (Å²) < 4.78 is 10.5. The quantitative estimate of drug-likeness (QED) is 0.828. The summed E-state index contributed by atoms with van der Waals surface area (Å²) in [5, 5.41) is 9.02. The molecule has 0 spiro atoms. The molecule has 0 amide bonds. The number of aromatic carboxylic acids is 1. The Labute approximate surface area is 101 Å². The summed E-state index contributed by atoms with van der Waals surface area (Å²) >= 11 is 0. The van der Waals surface area contributed by atoms with Gasteiger partial charge >= 0.3 is 5.97 Å². The van der Waals surface area contributed by atoms with Gasteiger partial charge in [0.05, 0.1) is 13.7 Å². The maximum absolute atomic E-state index is 11.0. The van der Waals surface area contributed by atoms with Gasteiger partial charge in [-0.3, -0.25) is 0 Å². The lowest BCUT2D eigenvalue weighted by molar-refractivity contribution is 0.0692. The summed E-state index contributed by atoms with van der Waals surface area (Å²) in [6.07, 6.45) is 0.885. The van der Waals surface area contributed by atoms with Gasteiger partial charge in [0.25, 0.3) is 0 Å². The molecule has 1 rings (SSSR count). The minimum Gasteiger partial charge on any atom is -0.497 e. The van der Waals surface area contributed by atoms with E-state index in [-0.39, 0.29) is 5.56 Å². The van der Waals surface area contributed by atoms with Crippen molar-refractivity contribution in [1.82, 2.24) is 0 Å². The first-order chi connectivity index (χ1) is 8.04. The largest absolute Gasteiger partial charge is 0.497 e. The molecule has 0 aliphatic carbocycles. The number of carboxylic acids is 1. The average Bonchev–Trinajstić information content (AvgIpc) is 2.28. The first kappa shape index (κ1) is 13.4. The van der Waals surface area contributed by atoms with Crippen LogP contribution in [0, 0.1) is 5.92 Å². The molecule has 0 fully saturated rings. The summed E-state index contributed by atoms with van der Waals surface area (Å²) in [5.41, 5.74) is 0.162. The van der Waals surface area contributed by atoms with E-state index in [4.69, 9.17) is 14.6 Å². The number of hydrogen-bond donors (Lipinski definition) is 1. The van der Waals surface area contributed by atoms with Crippen molar-refractivity contribution < 1.29 is 19.4 Å². The molecular formula is C13H18O4. The number of benzene rings is 1. The maximum atomic E-state index is 11.0. The molecular weight excluding hydrogens is 220 g/mol. The van der Waals surface area contributed by atoms with Crippen molar-refractivity contribution >= 4 is 5.97 Å². The number of carbonyl (C=O) groups is 1. The maximum Gasteiger partial charge on any atom is 0.339 e. The Morgan fingerprint density at radius 2 is 2.12 bits per heavy atom. The van der Waals surface area contributed by atoms with Gasteiger partial charge in [0.15, 0.2) is 0 Å². The standard InChI is InChI=1S/C13H18O4/c1-9(2)6-7-17-12-8-10(16-3)4-5-11(12)13(14)15/h4-5,8-9H,6-7H2,1-3H3,(H,14,15). The van der Waals surface area contributed by atoms with Crippen LogP contribution >= 0.6 is 0 Å². The summed E-state index contributed by atoms with van der Waals surface area (Å²) in [6.45, 7) is 4.69. The average molecular weight is 238 g/mol. The molecule has 0 aromatic heterocycles. The summed E-state index contributed by atoms with van der Waals surface area (Å²) in [4.78, 5) is 11.0. The van der Waals surface area contributed by atoms with Gasteiger partial charge in [0.2, 0.25) is 0 Å². The Balaban J connectivity index is 2.82. The van der Waals surface area contributed by atoms with E-state index in [2.05, 4.69) is 13.8 Å². The number of rotatable bonds is 6. The Morgan fingerprint density at radius 3 is 2.65 bits per heavy atom. The molecule has 17 heavy (non-hydrogen) atoms. The van der Waals surface area contributed by atoms with Gasteiger partial charge in [-0.1, -0.05) is 13.8 Å². The molecule has 0 radical (unpaired) electrons. The minimum atomic E-state index is -0.993. The molecule has 1 N–H and O–H groups in total. The van der Waals surface area contributed by atoms with E-state index >= 15 is 0 Å². The van der Waals surface area contributed by atoms with E-state index in [1.54, 1.807) is 12.1 Å². The molecule has 0 saturated carbocycles. The first-order valence-electron chi connectivity index (χ1n) is 5.58. The zero-order valence-electron chi connectivity index (χ0n) is 10.4. The van der Waals surface area contributed by atoms with Gasteiger partial charge < -0.3 is 14.6 Å². The molecule has 0 saturated heterocycles. The van der Waals surface area contributed by atoms with E-state index in [1.165, 1.54) is 13.2 Å². The Morgan fingerprint density at radius 1 is 1.41 bits per heavy atom. The first-order valence-corrected chi connectivity index (χ1v) is 5.58. The van der Waals surface area contributed by atoms with Crippen molar-refractivity contribution in [2.75, 3.05) is 13.7 Å². The van der Waals surface area contributed by atoms with Crippen LogP contribution in [0.5, 0.6) is 11.5 Å². The fraction of sp³-hybridized carbons (Fsp3) is 0.462. The lowest BCUT2D eigenvalue weighted by Crippen LogP contribution is -2.06. The Hall–Kier alpha value is -1.71. The monoisotopic (exact) mass is 238 g/mol. The molecule has 0 bridgehead atoms. The van der Waals surface area contributed by atoms with Crippen molar-refractivity contribution in [3.8, 4) is 11.5 Å². The Bertz CT molecular complexity index is 385. The molecule has 0 unspecified atom stereocenters. The van der Waals surface area contributed by atoms with Crippen molar-refractivity contribution in [3.63, 3.8) is 0 Å². The molecule has 1 aromatic carbocycles. The third-order valence-electron chi connectivity index (χ3n) is 2.37. The molecule has 0 atom stereocenters. The fourth-order valence-corrected chi connectivity index (χ4v) is 1.33. The zero-order chi connectivity index (χ0) is 12.8. The van der Waals surface area contributed by atoms with Crippen LogP contribution in [0.1, 0.15) is 30.6 Å². The second-order valence-electron chi connectivity index (χ2n) is 4.20. The molecule has 4 nitrogen and oxygen atoms in total. The zero-order valence-corrected chi connectivity index (χ0v) is 10.4. The van der Waals surface area contributed by atoms with E-state index in [0.717, 1.165) is 6.42 Å². The van der Waals surface area contributed by atoms with Crippen molar-refractivity contribution in [1.29, 1.82) is 0 Å². The number of ether oxygens (including phenoxy) is 2. The smallest absolute Gasteiger partial charge is 0.339 e. The van der Waals surface area contributed by atoms with Crippen LogP contribution in [-0.4, -0.2) is 24.8 Å². The van der Waals surface area contributed by atoms with Gasteiger partial charge in [-0.2, -0.15) is 0 Å². The third kappa shape index (κ3) is 3.98. The second kappa shape index (κ2) is 6.13. The van der Waals surface area contributed by atoms with Gasteiger partial charge in [-0.25, -0.2) is 4.79 Å². The molecule has 0 aliphatic heterocycles.